The number of hydrogen-bond donors (Lipinski definition) is 1. The number of rotatable bonds is 4. The van der Waals surface area contributed by atoms with Crippen LogP contribution in [0.5, 0.6) is 5.75 Å². The Labute approximate surface area is 123 Å². The molecule has 0 bridgehead atoms. The number of para-hydroxylation sites is 2. The first-order chi connectivity index (χ1) is 10.3. The number of ether oxygens (including phenoxy) is 1. The Bertz CT molecular complexity index is 737. The first-order valence-electron chi connectivity index (χ1n) is 6.80. The van der Waals surface area contributed by atoms with Crippen molar-refractivity contribution >= 4 is 5.82 Å². The molecule has 0 aliphatic heterocycles. The van der Waals surface area contributed by atoms with Crippen molar-refractivity contribution in [2.45, 2.75) is 6.92 Å². The lowest BCUT2D eigenvalue weighted by atomic mass is 10.1. The van der Waals surface area contributed by atoms with E-state index in [1.54, 1.807) is 4.68 Å². The molecule has 0 radical (unpaired) electrons. The van der Waals surface area contributed by atoms with Crippen molar-refractivity contribution in [1.29, 1.82) is 0 Å². The summed E-state index contributed by atoms with van der Waals surface area (Å²) in [4.78, 5) is 0. The van der Waals surface area contributed by atoms with Crippen LogP contribution in [0.25, 0.3) is 16.9 Å². The molecular weight excluding hydrogens is 264 g/mol. The summed E-state index contributed by atoms with van der Waals surface area (Å²) in [7, 11) is 0. The van der Waals surface area contributed by atoms with Gasteiger partial charge in [0.2, 0.25) is 0 Å². The maximum Gasteiger partial charge on any atom is 0.156 e. The molecule has 3 aromatic rings. The van der Waals surface area contributed by atoms with Gasteiger partial charge in [-0.15, -0.1) is 5.10 Å². The number of nitrogens with zero attached hydrogens (tertiary/aromatic N) is 3. The number of anilines is 1. The molecule has 0 fully saturated rings. The van der Waals surface area contributed by atoms with Gasteiger partial charge in [0.25, 0.3) is 0 Å². The number of benzene rings is 2. The van der Waals surface area contributed by atoms with Crippen LogP contribution in [-0.4, -0.2) is 21.6 Å². The second-order valence-electron chi connectivity index (χ2n) is 4.50. The van der Waals surface area contributed by atoms with Crippen LogP contribution in [0.15, 0.2) is 54.6 Å². The van der Waals surface area contributed by atoms with Crippen LogP contribution in [0.2, 0.25) is 0 Å². The number of hydrogen-bond acceptors (Lipinski definition) is 4. The Hall–Kier alpha value is -2.82. The van der Waals surface area contributed by atoms with Gasteiger partial charge in [0, 0.05) is 5.56 Å². The van der Waals surface area contributed by atoms with E-state index in [9.17, 15) is 0 Å². The monoisotopic (exact) mass is 280 g/mol. The van der Waals surface area contributed by atoms with E-state index in [-0.39, 0.29) is 0 Å². The summed E-state index contributed by atoms with van der Waals surface area (Å²) in [5.74, 6) is 1.23. The SMILES string of the molecule is CCOc1ccccc1-n1nnc(-c2ccccc2)c1N. The number of nitrogen functional groups attached to an aromatic ring is 1. The van der Waals surface area contributed by atoms with Crippen molar-refractivity contribution < 1.29 is 4.74 Å². The summed E-state index contributed by atoms with van der Waals surface area (Å²) >= 11 is 0. The summed E-state index contributed by atoms with van der Waals surface area (Å²) < 4.78 is 7.22. The minimum Gasteiger partial charge on any atom is -0.492 e. The van der Waals surface area contributed by atoms with Crippen LogP contribution in [0.1, 0.15) is 6.92 Å². The second kappa shape index (κ2) is 5.66. The van der Waals surface area contributed by atoms with Gasteiger partial charge in [0.1, 0.15) is 17.1 Å². The van der Waals surface area contributed by atoms with Gasteiger partial charge in [-0.05, 0) is 19.1 Å². The van der Waals surface area contributed by atoms with Gasteiger partial charge >= 0.3 is 0 Å². The largest absolute Gasteiger partial charge is 0.492 e. The fraction of sp³-hybridized carbons (Fsp3) is 0.125. The predicted octanol–water partition coefficient (Wildman–Crippen LogP) is 2.92. The fourth-order valence-electron chi connectivity index (χ4n) is 2.18. The van der Waals surface area contributed by atoms with Crippen LogP contribution < -0.4 is 10.5 Å². The molecule has 2 aromatic carbocycles. The molecule has 5 nitrogen and oxygen atoms in total. The third-order valence-corrected chi connectivity index (χ3v) is 3.15. The van der Waals surface area contributed by atoms with Crippen molar-refractivity contribution in [3.05, 3.63) is 54.6 Å². The Morgan fingerprint density at radius 2 is 1.76 bits per heavy atom. The molecule has 106 valence electrons. The molecule has 3 rings (SSSR count). The van der Waals surface area contributed by atoms with E-state index in [2.05, 4.69) is 10.3 Å². The number of nitrogens with two attached hydrogens (primary N) is 1. The average molecular weight is 280 g/mol. The fourth-order valence-corrected chi connectivity index (χ4v) is 2.18. The Balaban J connectivity index is 2.08. The van der Waals surface area contributed by atoms with Crippen molar-refractivity contribution in [3.8, 4) is 22.7 Å². The lowest BCUT2D eigenvalue weighted by molar-refractivity contribution is 0.338. The van der Waals surface area contributed by atoms with Crippen LogP contribution in [0, 0.1) is 0 Å². The highest BCUT2D eigenvalue weighted by Gasteiger charge is 2.15. The predicted molar refractivity (Wildman–Crippen MR) is 82.4 cm³/mol. The maximum atomic E-state index is 6.21. The first kappa shape index (κ1) is 13.2. The van der Waals surface area contributed by atoms with Gasteiger partial charge < -0.3 is 10.5 Å². The smallest absolute Gasteiger partial charge is 0.156 e. The van der Waals surface area contributed by atoms with Gasteiger partial charge in [0.05, 0.1) is 6.61 Å². The van der Waals surface area contributed by atoms with E-state index < -0.39 is 0 Å². The molecule has 0 aliphatic rings. The normalized spacial score (nSPS) is 10.5. The lowest BCUT2D eigenvalue weighted by Crippen LogP contribution is -2.05. The van der Waals surface area contributed by atoms with Crippen LogP contribution in [0.3, 0.4) is 0 Å². The molecular formula is C16H16N4O. The van der Waals surface area contributed by atoms with Crippen LogP contribution in [0.4, 0.5) is 5.82 Å². The zero-order chi connectivity index (χ0) is 14.7. The van der Waals surface area contributed by atoms with E-state index in [0.29, 0.717) is 18.1 Å². The van der Waals surface area contributed by atoms with E-state index in [0.717, 1.165) is 17.0 Å². The number of aromatic nitrogens is 3. The summed E-state index contributed by atoms with van der Waals surface area (Å²) in [6, 6.07) is 17.4. The van der Waals surface area contributed by atoms with Crippen LogP contribution in [-0.2, 0) is 0 Å². The van der Waals surface area contributed by atoms with Gasteiger partial charge in [-0.2, -0.15) is 4.68 Å². The maximum absolute atomic E-state index is 6.21. The van der Waals surface area contributed by atoms with Crippen molar-refractivity contribution in [2.24, 2.45) is 0 Å². The highest BCUT2D eigenvalue weighted by molar-refractivity contribution is 5.71. The van der Waals surface area contributed by atoms with E-state index in [4.69, 9.17) is 10.5 Å². The van der Waals surface area contributed by atoms with E-state index in [1.165, 1.54) is 0 Å². The second-order valence-corrected chi connectivity index (χ2v) is 4.50. The summed E-state index contributed by atoms with van der Waals surface area (Å²) in [6.45, 7) is 2.52. The molecule has 0 amide bonds. The van der Waals surface area contributed by atoms with Crippen LogP contribution >= 0.6 is 0 Å². The average Bonchev–Trinajstić information content (AvgIpc) is 2.91. The van der Waals surface area contributed by atoms with Crippen molar-refractivity contribution in [2.75, 3.05) is 12.3 Å². The third-order valence-electron chi connectivity index (χ3n) is 3.15. The summed E-state index contributed by atoms with van der Waals surface area (Å²) in [6.07, 6.45) is 0. The molecule has 0 unspecified atom stereocenters. The highest BCUT2D eigenvalue weighted by Crippen LogP contribution is 2.29. The molecule has 1 heterocycles. The molecule has 0 atom stereocenters. The Morgan fingerprint density at radius 1 is 1.05 bits per heavy atom. The summed E-state index contributed by atoms with van der Waals surface area (Å²) in [5.41, 5.74) is 8.61. The molecule has 21 heavy (non-hydrogen) atoms. The standard InChI is InChI=1S/C16H16N4O/c1-2-21-14-11-7-6-10-13(14)20-16(17)15(18-19-20)12-8-4-3-5-9-12/h3-11H,2,17H2,1H3. The quantitative estimate of drug-likeness (QED) is 0.798. The van der Waals surface area contributed by atoms with Gasteiger partial charge in [-0.3, -0.25) is 0 Å². The zero-order valence-electron chi connectivity index (χ0n) is 11.7. The van der Waals surface area contributed by atoms with Gasteiger partial charge in [-0.25, -0.2) is 0 Å². The lowest BCUT2D eigenvalue weighted by Gasteiger charge is -2.10. The summed E-state index contributed by atoms with van der Waals surface area (Å²) in [5, 5.41) is 8.36. The van der Waals surface area contributed by atoms with Gasteiger partial charge in [-0.1, -0.05) is 47.7 Å². The molecule has 0 spiro atoms. The molecule has 0 saturated heterocycles. The molecule has 1 aromatic heterocycles. The van der Waals surface area contributed by atoms with Crippen molar-refractivity contribution in [3.63, 3.8) is 0 Å². The highest BCUT2D eigenvalue weighted by atomic mass is 16.5. The van der Waals surface area contributed by atoms with Gasteiger partial charge in [0.15, 0.2) is 5.82 Å². The molecule has 0 aliphatic carbocycles. The zero-order valence-corrected chi connectivity index (χ0v) is 11.7. The molecule has 5 heteroatoms. The minimum absolute atomic E-state index is 0.494. The van der Waals surface area contributed by atoms with E-state index >= 15 is 0 Å². The first-order valence-corrected chi connectivity index (χ1v) is 6.80. The topological polar surface area (TPSA) is 66.0 Å². The molecule has 0 saturated carbocycles. The molecule has 2 N–H and O–H groups in total. The Morgan fingerprint density at radius 3 is 2.52 bits per heavy atom. The van der Waals surface area contributed by atoms with E-state index in [1.807, 2.05) is 61.5 Å². The minimum atomic E-state index is 0.494. The van der Waals surface area contributed by atoms with Crippen molar-refractivity contribution in [1.82, 2.24) is 15.0 Å². The Kier molecular flexibility index (Phi) is 3.55. The third kappa shape index (κ3) is 2.45.